The number of nitrogens with zero attached hydrogens (tertiary/aromatic N) is 1. The monoisotopic (exact) mass is 302 g/mol. The highest BCUT2D eigenvalue weighted by molar-refractivity contribution is 7.94. The number of hydrogen-bond acceptors (Lipinski definition) is 5. The zero-order valence-corrected chi connectivity index (χ0v) is 12.8. The van der Waals surface area contributed by atoms with Crippen molar-refractivity contribution in [2.45, 2.75) is 0 Å². The molecule has 0 spiro atoms. The van der Waals surface area contributed by atoms with E-state index in [0.717, 1.165) is 32.2 Å². The van der Waals surface area contributed by atoms with Gasteiger partial charge in [0.05, 0.1) is 22.3 Å². The molecular formula is C15H14N2OS2. The fourth-order valence-corrected chi connectivity index (χ4v) is 3.25. The molecule has 0 unspecified atom stereocenters. The molecule has 1 heterocycles. The molecule has 0 bridgehead atoms. The molecular weight excluding hydrogens is 288 g/mol. The number of fused-ring (bicyclic) bond motifs is 1. The first-order valence-corrected chi connectivity index (χ1v) is 8.16. The minimum atomic E-state index is 0.866. The second-order valence-electron chi connectivity index (χ2n) is 4.23. The summed E-state index contributed by atoms with van der Waals surface area (Å²) in [5.74, 6) is 0.866. The molecule has 5 heteroatoms. The summed E-state index contributed by atoms with van der Waals surface area (Å²) in [5.41, 5.74) is 3.25. The smallest absolute Gasteiger partial charge is 0.138 e. The van der Waals surface area contributed by atoms with Gasteiger partial charge in [0, 0.05) is 30.6 Å². The van der Waals surface area contributed by atoms with Crippen LogP contribution < -0.4 is 9.50 Å². The van der Waals surface area contributed by atoms with E-state index in [1.165, 1.54) is 12.0 Å². The Kier molecular flexibility index (Phi) is 3.80. The zero-order chi connectivity index (χ0) is 13.9. The molecule has 3 nitrogen and oxygen atoms in total. The summed E-state index contributed by atoms with van der Waals surface area (Å²) in [6, 6.07) is 14.3. The summed E-state index contributed by atoms with van der Waals surface area (Å²) in [6.45, 7) is 0. The molecule has 0 atom stereocenters. The van der Waals surface area contributed by atoms with Gasteiger partial charge in [-0.25, -0.2) is 4.98 Å². The van der Waals surface area contributed by atoms with Crippen molar-refractivity contribution in [1.29, 1.82) is 0 Å². The summed E-state index contributed by atoms with van der Waals surface area (Å²) in [6.07, 6.45) is 1.91. The van der Waals surface area contributed by atoms with Gasteiger partial charge < -0.3 is 9.50 Å². The number of benzene rings is 2. The second-order valence-corrected chi connectivity index (χ2v) is 5.76. The Labute approximate surface area is 126 Å². The molecule has 2 aromatic carbocycles. The van der Waals surface area contributed by atoms with Gasteiger partial charge in [0.1, 0.15) is 10.8 Å². The third-order valence-corrected chi connectivity index (χ3v) is 4.39. The number of hydrogen-bond donors (Lipinski definition) is 1. The van der Waals surface area contributed by atoms with E-state index in [0.29, 0.717) is 0 Å². The molecule has 0 aliphatic carbocycles. The van der Waals surface area contributed by atoms with Crippen LogP contribution in [0.3, 0.4) is 0 Å². The lowest BCUT2D eigenvalue weighted by Gasteiger charge is -2.00. The van der Waals surface area contributed by atoms with Gasteiger partial charge in [0.25, 0.3) is 0 Å². The van der Waals surface area contributed by atoms with E-state index in [1.54, 1.807) is 11.3 Å². The fourth-order valence-electron chi connectivity index (χ4n) is 1.96. The number of nitrogens with one attached hydrogen (secondary N) is 1. The first kappa shape index (κ1) is 13.3. The van der Waals surface area contributed by atoms with Gasteiger partial charge in [-0.2, -0.15) is 0 Å². The minimum absolute atomic E-state index is 0.866. The van der Waals surface area contributed by atoms with Gasteiger partial charge >= 0.3 is 0 Å². The molecule has 0 aliphatic rings. The minimum Gasteiger partial charge on any atom is -0.426 e. The van der Waals surface area contributed by atoms with Gasteiger partial charge in [0.15, 0.2) is 0 Å². The number of thiazole rings is 1. The Bertz CT molecular complexity index is 722. The highest BCUT2D eigenvalue weighted by atomic mass is 32.2. The van der Waals surface area contributed by atoms with Crippen molar-refractivity contribution in [3.05, 3.63) is 42.5 Å². The van der Waals surface area contributed by atoms with Gasteiger partial charge in [-0.15, -0.1) is 11.3 Å². The fraction of sp³-hybridized carbons (Fsp3) is 0.133. The van der Waals surface area contributed by atoms with E-state index >= 15 is 0 Å². The maximum atomic E-state index is 5.45. The lowest BCUT2D eigenvalue weighted by molar-refractivity contribution is 0.652. The molecule has 0 fully saturated rings. The molecule has 0 saturated heterocycles. The standard InChI is InChI=1S/C15H14N2OS2/c1-16-11-5-3-10(4-6-11)15-17-13-8-7-12(18-19-2)9-14(13)20-15/h3-9,16H,1-2H3. The lowest BCUT2D eigenvalue weighted by atomic mass is 10.2. The largest absolute Gasteiger partial charge is 0.426 e. The number of anilines is 1. The molecule has 0 saturated carbocycles. The Hall–Kier alpha value is -1.72. The first-order chi connectivity index (χ1) is 9.80. The maximum absolute atomic E-state index is 5.45. The topological polar surface area (TPSA) is 34.2 Å². The summed E-state index contributed by atoms with van der Waals surface area (Å²) < 4.78 is 6.59. The van der Waals surface area contributed by atoms with E-state index in [-0.39, 0.29) is 0 Å². The van der Waals surface area contributed by atoms with Crippen LogP contribution in [0.2, 0.25) is 0 Å². The van der Waals surface area contributed by atoms with Crippen LogP contribution in [-0.2, 0) is 0 Å². The summed E-state index contributed by atoms with van der Waals surface area (Å²) in [4.78, 5) is 4.68. The quantitative estimate of drug-likeness (QED) is 0.711. The van der Waals surface area contributed by atoms with Gasteiger partial charge in [-0.1, -0.05) is 0 Å². The molecule has 0 radical (unpaired) electrons. The van der Waals surface area contributed by atoms with Crippen molar-refractivity contribution in [3.63, 3.8) is 0 Å². The van der Waals surface area contributed by atoms with Crippen molar-refractivity contribution in [1.82, 2.24) is 4.98 Å². The summed E-state index contributed by atoms with van der Waals surface area (Å²) in [7, 11) is 1.92. The van der Waals surface area contributed by atoms with Crippen LogP contribution in [-0.4, -0.2) is 18.3 Å². The molecule has 102 valence electrons. The van der Waals surface area contributed by atoms with E-state index in [4.69, 9.17) is 4.18 Å². The van der Waals surface area contributed by atoms with Crippen molar-refractivity contribution < 1.29 is 4.18 Å². The lowest BCUT2D eigenvalue weighted by Crippen LogP contribution is -1.86. The highest BCUT2D eigenvalue weighted by Gasteiger charge is 2.07. The predicted octanol–water partition coefficient (Wildman–Crippen LogP) is 4.66. The highest BCUT2D eigenvalue weighted by Crippen LogP contribution is 2.33. The summed E-state index contributed by atoms with van der Waals surface area (Å²) >= 11 is 3.03. The van der Waals surface area contributed by atoms with Crippen molar-refractivity contribution in [2.24, 2.45) is 0 Å². The average Bonchev–Trinajstić information content (AvgIpc) is 2.91. The van der Waals surface area contributed by atoms with Crippen LogP contribution in [0.15, 0.2) is 42.5 Å². The Morgan fingerprint density at radius 1 is 1.15 bits per heavy atom. The van der Waals surface area contributed by atoms with Gasteiger partial charge in [0.2, 0.25) is 0 Å². The van der Waals surface area contributed by atoms with Crippen LogP contribution in [0.1, 0.15) is 0 Å². The van der Waals surface area contributed by atoms with Crippen molar-refractivity contribution in [2.75, 3.05) is 18.6 Å². The van der Waals surface area contributed by atoms with Crippen LogP contribution in [0.4, 0.5) is 5.69 Å². The molecule has 3 aromatic rings. The van der Waals surface area contributed by atoms with E-state index in [1.807, 2.05) is 31.5 Å². The Morgan fingerprint density at radius 3 is 2.65 bits per heavy atom. The van der Waals surface area contributed by atoms with E-state index in [9.17, 15) is 0 Å². The number of rotatable bonds is 4. The van der Waals surface area contributed by atoms with Crippen LogP contribution in [0, 0.1) is 0 Å². The predicted molar refractivity (Wildman–Crippen MR) is 88.7 cm³/mol. The van der Waals surface area contributed by atoms with Crippen LogP contribution in [0.5, 0.6) is 5.75 Å². The third kappa shape index (κ3) is 2.59. The SMILES string of the molecule is CNc1ccc(-c2nc3ccc(OSC)cc3s2)cc1. The first-order valence-electron chi connectivity index (χ1n) is 6.19. The molecule has 20 heavy (non-hydrogen) atoms. The van der Waals surface area contributed by atoms with Crippen molar-refractivity contribution >= 4 is 39.3 Å². The third-order valence-electron chi connectivity index (χ3n) is 2.96. The Balaban J connectivity index is 1.98. The normalized spacial score (nSPS) is 10.7. The second kappa shape index (κ2) is 5.73. The Morgan fingerprint density at radius 2 is 1.95 bits per heavy atom. The van der Waals surface area contributed by atoms with E-state index in [2.05, 4.69) is 34.6 Å². The summed E-state index contributed by atoms with van der Waals surface area (Å²) in [5, 5.41) is 4.15. The average molecular weight is 302 g/mol. The molecule has 1 N–H and O–H groups in total. The molecule has 1 aromatic heterocycles. The van der Waals surface area contributed by atoms with Crippen molar-refractivity contribution in [3.8, 4) is 16.3 Å². The van der Waals surface area contributed by atoms with Gasteiger partial charge in [-0.05, 0) is 36.4 Å². The van der Waals surface area contributed by atoms with E-state index < -0.39 is 0 Å². The molecule has 0 aliphatic heterocycles. The zero-order valence-electron chi connectivity index (χ0n) is 11.2. The van der Waals surface area contributed by atoms with Gasteiger partial charge in [-0.3, -0.25) is 0 Å². The number of aromatic nitrogens is 1. The molecule has 0 amide bonds. The van der Waals surface area contributed by atoms with Crippen LogP contribution >= 0.6 is 23.4 Å². The van der Waals surface area contributed by atoms with Crippen LogP contribution in [0.25, 0.3) is 20.8 Å². The maximum Gasteiger partial charge on any atom is 0.138 e. The molecule has 3 rings (SSSR count).